The lowest BCUT2D eigenvalue weighted by atomic mass is 10.0. The Morgan fingerprint density at radius 2 is 1.90 bits per heavy atom. The Kier molecular flexibility index (Phi) is 4.31. The molecule has 0 spiro atoms. The molecule has 3 nitrogen and oxygen atoms in total. The van der Waals surface area contributed by atoms with E-state index < -0.39 is 6.10 Å². The number of rotatable bonds is 2. The third-order valence-corrected chi connectivity index (χ3v) is 4.63. The van der Waals surface area contributed by atoms with Gasteiger partial charge in [0.15, 0.2) is 11.5 Å². The van der Waals surface area contributed by atoms with Crippen molar-refractivity contribution >= 4 is 39.1 Å². The first-order valence-electron chi connectivity index (χ1n) is 6.29. The molecular weight excluding hydrogens is 379 g/mol. The Morgan fingerprint density at radius 1 is 1.14 bits per heavy atom. The fourth-order valence-electron chi connectivity index (χ4n) is 2.20. The molecule has 0 aliphatic carbocycles. The van der Waals surface area contributed by atoms with Crippen molar-refractivity contribution in [2.24, 2.45) is 0 Å². The number of fused-ring (bicyclic) bond motifs is 1. The van der Waals surface area contributed by atoms with E-state index in [9.17, 15) is 5.11 Å². The van der Waals surface area contributed by atoms with Crippen LogP contribution < -0.4 is 9.47 Å². The molecule has 0 fully saturated rings. The molecule has 0 aromatic heterocycles. The highest BCUT2D eigenvalue weighted by Crippen LogP contribution is 2.42. The monoisotopic (exact) mass is 388 g/mol. The molecule has 1 aliphatic rings. The van der Waals surface area contributed by atoms with Gasteiger partial charge in [-0.05, 0) is 39.7 Å². The van der Waals surface area contributed by atoms with Crippen LogP contribution in [-0.4, -0.2) is 18.3 Å². The molecule has 0 radical (unpaired) electrons. The Labute approximate surface area is 140 Å². The number of aliphatic hydroxyl groups is 1. The molecule has 1 unspecified atom stereocenters. The van der Waals surface area contributed by atoms with Crippen molar-refractivity contribution in [3.05, 3.63) is 56.0 Å². The lowest BCUT2D eigenvalue weighted by Crippen LogP contribution is -2.16. The minimum absolute atomic E-state index is 0.345. The zero-order valence-corrected chi connectivity index (χ0v) is 13.9. The average molecular weight is 390 g/mol. The fourth-order valence-corrected chi connectivity index (χ4v) is 3.19. The van der Waals surface area contributed by atoms with Crippen LogP contribution in [0.3, 0.4) is 0 Å². The van der Waals surface area contributed by atoms with Crippen LogP contribution in [0.25, 0.3) is 0 Å². The van der Waals surface area contributed by atoms with Gasteiger partial charge in [0.05, 0.1) is 14.5 Å². The zero-order valence-electron chi connectivity index (χ0n) is 10.8. The molecule has 0 saturated carbocycles. The summed E-state index contributed by atoms with van der Waals surface area (Å²) in [6.07, 6.45) is -0.900. The number of halogens is 3. The highest BCUT2D eigenvalue weighted by molar-refractivity contribution is 9.10. The second-order valence-corrected chi connectivity index (χ2v) is 6.21. The molecule has 3 rings (SSSR count). The largest absolute Gasteiger partial charge is 0.486 e. The maximum absolute atomic E-state index is 10.6. The topological polar surface area (TPSA) is 38.7 Å². The van der Waals surface area contributed by atoms with Gasteiger partial charge in [0.1, 0.15) is 19.3 Å². The van der Waals surface area contributed by atoms with Crippen molar-refractivity contribution in [3.63, 3.8) is 0 Å². The van der Waals surface area contributed by atoms with Crippen LogP contribution in [0.2, 0.25) is 10.0 Å². The second kappa shape index (κ2) is 6.05. The zero-order chi connectivity index (χ0) is 15.0. The lowest BCUT2D eigenvalue weighted by Gasteiger charge is -2.22. The van der Waals surface area contributed by atoms with Crippen molar-refractivity contribution in [2.45, 2.75) is 6.10 Å². The van der Waals surface area contributed by atoms with Crippen LogP contribution in [0.5, 0.6) is 11.5 Å². The Bertz CT molecular complexity index is 691. The van der Waals surface area contributed by atoms with Crippen molar-refractivity contribution in [3.8, 4) is 11.5 Å². The molecule has 1 atom stereocenters. The Balaban J connectivity index is 2.04. The highest BCUT2D eigenvalue weighted by atomic mass is 79.9. The van der Waals surface area contributed by atoms with Crippen LogP contribution in [0.4, 0.5) is 0 Å². The molecule has 2 aromatic carbocycles. The number of benzene rings is 2. The summed E-state index contributed by atoms with van der Waals surface area (Å²) < 4.78 is 11.8. The molecule has 0 saturated heterocycles. The van der Waals surface area contributed by atoms with E-state index in [-0.39, 0.29) is 0 Å². The van der Waals surface area contributed by atoms with Crippen molar-refractivity contribution in [1.29, 1.82) is 0 Å². The van der Waals surface area contributed by atoms with Gasteiger partial charge < -0.3 is 14.6 Å². The van der Waals surface area contributed by atoms with Crippen molar-refractivity contribution in [2.75, 3.05) is 13.2 Å². The van der Waals surface area contributed by atoms with Gasteiger partial charge in [-0.15, -0.1) is 0 Å². The average Bonchev–Trinajstić information content (AvgIpc) is 2.49. The summed E-state index contributed by atoms with van der Waals surface area (Å²) in [5.74, 6) is 1.25. The molecule has 110 valence electrons. The second-order valence-electron chi connectivity index (χ2n) is 4.57. The summed E-state index contributed by atoms with van der Waals surface area (Å²) in [6, 6.07) is 8.71. The van der Waals surface area contributed by atoms with E-state index >= 15 is 0 Å². The first-order chi connectivity index (χ1) is 10.1. The predicted molar refractivity (Wildman–Crippen MR) is 85.7 cm³/mol. The standard InChI is InChI=1S/C15H11BrCl2O3/c16-10-6-8(7-12-15(10)21-5-4-20-12)14(19)9-2-1-3-11(17)13(9)18/h1-3,6-7,14,19H,4-5H2. The summed E-state index contributed by atoms with van der Waals surface area (Å²) in [6.45, 7) is 0.991. The maximum Gasteiger partial charge on any atom is 0.175 e. The summed E-state index contributed by atoms with van der Waals surface area (Å²) >= 11 is 15.6. The fraction of sp³-hybridized carbons (Fsp3) is 0.200. The predicted octanol–water partition coefficient (Wildman–Crippen LogP) is 4.61. The van der Waals surface area contributed by atoms with Gasteiger partial charge in [0, 0.05) is 5.56 Å². The van der Waals surface area contributed by atoms with E-state index in [0.717, 1.165) is 4.47 Å². The first kappa shape index (κ1) is 15.0. The molecule has 1 heterocycles. The number of ether oxygens (including phenoxy) is 2. The first-order valence-corrected chi connectivity index (χ1v) is 7.84. The summed E-state index contributed by atoms with van der Waals surface area (Å²) in [4.78, 5) is 0. The van der Waals surface area contributed by atoms with Crippen molar-refractivity contribution in [1.82, 2.24) is 0 Å². The smallest absolute Gasteiger partial charge is 0.175 e. The van der Waals surface area contributed by atoms with Gasteiger partial charge in [-0.1, -0.05) is 35.3 Å². The molecule has 2 aromatic rings. The summed E-state index contributed by atoms with van der Waals surface area (Å²) in [5, 5.41) is 11.3. The molecule has 6 heteroatoms. The SMILES string of the molecule is OC(c1cc(Br)c2c(c1)OCCO2)c1cccc(Cl)c1Cl. The molecular formula is C15H11BrCl2O3. The maximum atomic E-state index is 10.6. The third-order valence-electron chi connectivity index (χ3n) is 3.21. The Morgan fingerprint density at radius 3 is 2.71 bits per heavy atom. The van der Waals surface area contributed by atoms with E-state index in [1.54, 1.807) is 30.3 Å². The van der Waals surface area contributed by atoms with E-state index in [0.29, 0.717) is 45.9 Å². The van der Waals surface area contributed by atoms with Gasteiger partial charge in [-0.3, -0.25) is 0 Å². The van der Waals surface area contributed by atoms with Gasteiger partial charge in [-0.2, -0.15) is 0 Å². The minimum Gasteiger partial charge on any atom is -0.486 e. The van der Waals surface area contributed by atoms with Crippen molar-refractivity contribution < 1.29 is 14.6 Å². The van der Waals surface area contributed by atoms with E-state index in [1.807, 2.05) is 0 Å². The van der Waals surface area contributed by atoms with Crippen LogP contribution in [0.1, 0.15) is 17.2 Å². The van der Waals surface area contributed by atoms with Gasteiger partial charge >= 0.3 is 0 Å². The molecule has 21 heavy (non-hydrogen) atoms. The van der Waals surface area contributed by atoms with Crippen LogP contribution in [-0.2, 0) is 0 Å². The summed E-state index contributed by atoms with van der Waals surface area (Å²) in [7, 11) is 0. The lowest BCUT2D eigenvalue weighted by molar-refractivity contribution is 0.168. The van der Waals surface area contributed by atoms with E-state index in [1.165, 1.54) is 0 Å². The molecule has 0 bridgehead atoms. The molecule has 1 N–H and O–H groups in total. The van der Waals surface area contributed by atoms with Crippen LogP contribution in [0.15, 0.2) is 34.8 Å². The number of hydrogen-bond acceptors (Lipinski definition) is 3. The van der Waals surface area contributed by atoms with E-state index in [2.05, 4.69) is 15.9 Å². The van der Waals surface area contributed by atoms with Crippen LogP contribution >= 0.6 is 39.1 Å². The van der Waals surface area contributed by atoms with E-state index in [4.69, 9.17) is 32.7 Å². The molecule has 0 amide bonds. The minimum atomic E-state index is -0.900. The quantitative estimate of drug-likeness (QED) is 0.815. The number of aliphatic hydroxyl groups excluding tert-OH is 1. The summed E-state index contributed by atoms with van der Waals surface area (Å²) in [5.41, 5.74) is 1.20. The van der Waals surface area contributed by atoms with Gasteiger partial charge in [0.25, 0.3) is 0 Å². The third kappa shape index (κ3) is 2.86. The van der Waals surface area contributed by atoms with Crippen LogP contribution in [0, 0.1) is 0 Å². The Hall–Kier alpha value is -0.940. The normalized spacial score (nSPS) is 14.9. The highest BCUT2D eigenvalue weighted by Gasteiger charge is 2.21. The molecule has 1 aliphatic heterocycles. The van der Waals surface area contributed by atoms with Gasteiger partial charge in [0.2, 0.25) is 0 Å². The van der Waals surface area contributed by atoms with Gasteiger partial charge in [-0.25, -0.2) is 0 Å². The number of hydrogen-bond donors (Lipinski definition) is 1.